The van der Waals surface area contributed by atoms with Gasteiger partial charge in [-0.3, -0.25) is 0 Å². The molecule has 0 amide bonds. The Kier molecular flexibility index (Phi) is 7.61. The largest absolute Gasteiger partial charge is 0.496 e. The molecule has 156 valence electrons. The van der Waals surface area contributed by atoms with Gasteiger partial charge in [0.15, 0.2) is 5.96 Å². The molecule has 0 bridgehead atoms. The lowest BCUT2D eigenvalue weighted by Gasteiger charge is -2.21. The van der Waals surface area contributed by atoms with E-state index in [1.807, 2.05) is 36.4 Å². The average molecular weight is 397 g/mol. The van der Waals surface area contributed by atoms with E-state index in [0.717, 1.165) is 55.6 Å². The Balaban J connectivity index is 1.57. The number of methoxy groups -OCH3 is 2. The number of aliphatic imine (C=N–C) groups is 1. The molecule has 1 aliphatic rings. The number of hydrogen-bond donors (Lipinski definition) is 2. The van der Waals surface area contributed by atoms with Crippen LogP contribution in [0.15, 0.2) is 53.5 Å². The molecule has 29 heavy (non-hydrogen) atoms. The molecule has 1 unspecified atom stereocenters. The number of anilines is 1. The first-order valence-electron chi connectivity index (χ1n) is 10.3. The first kappa shape index (κ1) is 20.8. The third-order valence-electron chi connectivity index (χ3n) is 5.21. The van der Waals surface area contributed by atoms with Gasteiger partial charge in [0.25, 0.3) is 0 Å². The maximum absolute atomic E-state index is 5.52. The molecule has 2 aromatic carbocycles. The number of guanidine groups is 1. The maximum Gasteiger partial charge on any atom is 0.191 e. The first-order valence-corrected chi connectivity index (χ1v) is 10.3. The summed E-state index contributed by atoms with van der Waals surface area (Å²) in [5.74, 6) is 3.22. The summed E-state index contributed by atoms with van der Waals surface area (Å²) in [6, 6.07) is 16.2. The van der Waals surface area contributed by atoms with E-state index in [0.29, 0.717) is 12.5 Å². The number of rotatable bonds is 8. The summed E-state index contributed by atoms with van der Waals surface area (Å²) < 4.78 is 10.9. The van der Waals surface area contributed by atoms with Gasteiger partial charge in [-0.05, 0) is 37.5 Å². The number of benzene rings is 2. The van der Waals surface area contributed by atoms with Gasteiger partial charge >= 0.3 is 0 Å². The molecule has 0 spiro atoms. The fourth-order valence-corrected chi connectivity index (χ4v) is 3.69. The van der Waals surface area contributed by atoms with Crippen molar-refractivity contribution in [2.45, 2.75) is 19.9 Å². The molecule has 1 atom stereocenters. The topological polar surface area (TPSA) is 58.1 Å². The molecular weight excluding hydrogens is 364 g/mol. The fourth-order valence-electron chi connectivity index (χ4n) is 3.69. The predicted octanol–water partition coefficient (Wildman–Crippen LogP) is 3.29. The summed E-state index contributed by atoms with van der Waals surface area (Å²) in [6.07, 6.45) is 1.15. The van der Waals surface area contributed by atoms with Crippen LogP contribution in [-0.4, -0.2) is 46.4 Å². The lowest BCUT2D eigenvalue weighted by molar-refractivity contribution is 0.410. The summed E-state index contributed by atoms with van der Waals surface area (Å²) in [5.41, 5.74) is 2.25. The number of para-hydroxylation sites is 3. The quantitative estimate of drug-likeness (QED) is 0.530. The van der Waals surface area contributed by atoms with Crippen LogP contribution in [0.25, 0.3) is 0 Å². The van der Waals surface area contributed by atoms with E-state index in [4.69, 9.17) is 14.5 Å². The van der Waals surface area contributed by atoms with Gasteiger partial charge in [-0.1, -0.05) is 30.3 Å². The van der Waals surface area contributed by atoms with Crippen molar-refractivity contribution >= 4 is 11.6 Å². The molecule has 1 saturated heterocycles. The van der Waals surface area contributed by atoms with Crippen LogP contribution < -0.4 is 25.0 Å². The number of nitrogens with zero attached hydrogens (tertiary/aromatic N) is 2. The maximum atomic E-state index is 5.52. The Bertz CT molecular complexity index is 809. The summed E-state index contributed by atoms with van der Waals surface area (Å²) >= 11 is 0. The van der Waals surface area contributed by atoms with Gasteiger partial charge in [0.1, 0.15) is 11.5 Å². The Labute approximate surface area is 173 Å². The standard InChI is InChI=1S/C23H32N4O2/c1-4-24-23(26-16-19-9-5-7-11-21(19)28-2)25-15-18-13-14-27(17-18)20-10-6-8-12-22(20)29-3/h5-12,18H,4,13-17H2,1-3H3,(H2,24,25,26). The second-order valence-electron chi connectivity index (χ2n) is 7.16. The van der Waals surface area contributed by atoms with E-state index >= 15 is 0 Å². The molecule has 0 aromatic heterocycles. The minimum Gasteiger partial charge on any atom is -0.496 e. The molecule has 0 saturated carbocycles. The Morgan fingerprint density at radius 3 is 2.52 bits per heavy atom. The van der Waals surface area contributed by atoms with Crippen molar-refractivity contribution < 1.29 is 9.47 Å². The highest BCUT2D eigenvalue weighted by molar-refractivity contribution is 5.79. The Morgan fingerprint density at radius 1 is 1.03 bits per heavy atom. The monoisotopic (exact) mass is 396 g/mol. The third-order valence-corrected chi connectivity index (χ3v) is 5.21. The van der Waals surface area contributed by atoms with Crippen LogP contribution in [0.1, 0.15) is 18.9 Å². The summed E-state index contributed by atoms with van der Waals surface area (Å²) in [7, 11) is 3.43. The van der Waals surface area contributed by atoms with Gasteiger partial charge in [-0.2, -0.15) is 0 Å². The molecule has 6 nitrogen and oxygen atoms in total. The number of ether oxygens (including phenoxy) is 2. The zero-order valence-corrected chi connectivity index (χ0v) is 17.6. The second kappa shape index (κ2) is 10.6. The van der Waals surface area contributed by atoms with Crippen LogP contribution in [0.4, 0.5) is 5.69 Å². The molecule has 0 aliphatic carbocycles. The molecule has 2 aromatic rings. The SMILES string of the molecule is CCNC(=NCc1ccccc1OC)NCC1CCN(c2ccccc2OC)C1. The van der Waals surface area contributed by atoms with Crippen molar-refractivity contribution in [1.29, 1.82) is 0 Å². The smallest absolute Gasteiger partial charge is 0.191 e. The average Bonchev–Trinajstić information content (AvgIpc) is 3.24. The van der Waals surface area contributed by atoms with Crippen molar-refractivity contribution in [2.24, 2.45) is 10.9 Å². The van der Waals surface area contributed by atoms with Crippen molar-refractivity contribution in [3.05, 3.63) is 54.1 Å². The zero-order valence-electron chi connectivity index (χ0n) is 17.6. The van der Waals surface area contributed by atoms with Crippen LogP contribution in [-0.2, 0) is 6.54 Å². The number of nitrogens with one attached hydrogen (secondary N) is 2. The van der Waals surface area contributed by atoms with Crippen molar-refractivity contribution in [3.8, 4) is 11.5 Å². The van der Waals surface area contributed by atoms with E-state index in [1.54, 1.807) is 14.2 Å². The van der Waals surface area contributed by atoms with E-state index in [9.17, 15) is 0 Å². The molecule has 1 fully saturated rings. The summed E-state index contributed by atoms with van der Waals surface area (Å²) in [5, 5.41) is 6.85. The predicted molar refractivity (Wildman–Crippen MR) is 119 cm³/mol. The molecule has 1 heterocycles. The molecule has 1 aliphatic heterocycles. The van der Waals surface area contributed by atoms with E-state index in [-0.39, 0.29) is 0 Å². The molecule has 0 radical (unpaired) electrons. The molecule has 6 heteroatoms. The highest BCUT2D eigenvalue weighted by Gasteiger charge is 2.24. The van der Waals surface area contributed by atoms with Crippen molar-refractivity contribution in [1.82, 2.24) is 10.6 Å². The van der Waals surface area contributed by atoms with Crippen LogP contribution in [0.2, 0.25) is 0 Å². The van der Waals surface area contributed by atoms with Gasteiger partial charge in [-0.25, -0.2) is 4.99 Å². The first-order chi connectivity index (χ1) is 14.2. The van der Waals surface area contributed by atoms with Crippen LogP contribution >= 0.6 is 0 Å². The summed E-state index contributed by atoms with van der Waals surface area (Å²) in [4.78, 5) is 7.15. The Morgan fingerprint density at radius 2 is 1.76 bits per heavy atom. The van der Waals surface area contributed by atoms with Crippen LogP contribution in [0.3, 0.4) is 0 Å². The summed E-state index contributed by atoms with van der Waals surface area (Å²) in [6.45, 7) is 6.44. The van der Waals surface area contributed by atoms with E-state index < -0.39 is 0 Å². The van der Waals surface area contributed by atoms with Gasteiger partial charge in [0.05, 0.1) is 26.5 Å². The van der Waals surface area contributed by atoms with Crippen molar-refractivity contribution in [2.75, 3.05) is 45.3 Å². The van der Waals surface area contributed by atoms with Gasteiger partial charge < -0.3 is 25.0 Å². The van der Waals surface area contributed by atoms with Gasteiger partial charge in [-0.15, -0.1) is 0 Å². The normalized spacial score (nSPS) is 16.6. The Hall–Kier alpha value is -2.89. The lowest BCUT2D eigenvalue weighted by atomic mass is 10.1. The van der Waals surface area contributed by atoms with Crippen LogP contribution in [0, 0.1) is 5.92 Å². The highest BCUT2D eigenvalue weighted by atomic mass is 16.5. The van der Waals surface area contributed by atoms with Gasteiger partial charge in [0, 0.05) is 31.7 Å². The van der Waals surface area contributed by atoms with Crippen molar-refractivity contribution in [3.63, 3.8) is 0 Å². The number of hydrogen-bond acceptors (Lipinski definition) is 4. The second-order valence-corrected chi connectivity index (χ2v) is 7.16. The zero-order chi connectivity index (χ0) is 20.5. The highest BCUT2D eigenvalue weighted by Crippen LogP contribution is 2.31. The van der Waals surface area contributed by atoms with Crippen LogP contribution in [0.5, 0.6) is 11.5 Å². The minimum absolute atomic E-state index is 0.565. The van der Waals surface area contributed by atoms with E-state index in [1.165, 1.54) is 5.69 Å². The van der Waals surface area contributed by atoms with Gasteiger partial charge in [0.2, 0.25) is 0 Å². The van der Waals surface area contributed by atoms with E-state index in [2.05, 4.69) is 34.6 Å². The molecular formula is C23H32N4O2. The fraction of sp³-hybridized carbons (Fsp3) is 0.435. The molecule has 3 rings (SSSR count). The third kappa shape index (κ3) is 5.56. The minimum atomic E-state index is 0.565. The molecule has 2 N–H and O–H groups in total. The lowest BCUT2D eigenvalue weighted by Crippen LogP contribution is -2.40.